The van der Waals surface area contributed by atoms with Crippen molar-refractivity contribution in [1.82, 2.24) is 9.97 Å². The number of benzene rings is 2. The van der Waals surface area contributed by atoms with Gasteiger partial charge < -0.3 is 19.4 Å². The molecule has 1 amide bonds. The van der Waals surface area contributed by atoms with Crippen molar-refractivity contribution in [3.8, 4) is 0 Å². The number of furan rings is 1. The molecule has 2 aromatic carbocycles. The van der Waals surface area contributed by atoms with Crippen LogP contribution in [0, 0.1) is 13.8 Å². The number of nitrogens with one attached hydrogen (secondary N) is 1. The number of ketones is 1. The summed E-state index contributed by atoms with van der Waals surface area (Å²) in [6.07, 6.45) is 1.38. The van der Waals surface area contributed by atoms with E-state index in [0.717, 1.165) is 22.3 Å². The maximum Gasteiger partial charge on any atom is 0.296 e. The second-order valence-corrected chi connectivity index (χ2v) is 8.65. The third-order valence-corrected chi connectivity index (χ3v) is 6.24. The molecule has 1 unspecified atom stereocenters. The number of imidazole rings is 1. The number of hydrogen-bond donors (Lipinski definition) is 2. The van der Waals surface area contributed by atoms with E-state index in [4.69, 9.17) is 4.42 Å². The highest BCUT2D eigenvalue weighted by atomic mass is 16.3. The van der Waals surface area contributed by atoms with E-state index in [1.54, 1.807) is 6.07 Å². The molecule has 8 heteroatoms. The van der Waals surface area contributed by atoms with Crippen LogP contribution in [0.2, 0.25) is 0 Å². The first kappa shape index (κ1) is 21.5. The van der Waals surface area contributed by atoms with Crippen LogP contribution in [0.25, 0.3) is 11.0 Å². The van der Waals surface area contributed by atoms with Gasteiger partial charge in [-0.15, -0.1) is 0 Å². The molecule has 0 spiro atoms. The molecule has 0 bridgehead atoms. The van der Waals surface area contributed by atoms with Crippen molar-refractivity contribution >= 4 is 34.4 Å². The molecule has 172 valence electrons. The highest BCUT2D eigenvalue weighted by molar-refractivity contribution is 6.20. The fourth-order valence-electron chi connectivity index (χ4n) is 4.24. The minimum atomic E-state index is -0.885. The number of carbonyl (C=O) groups excluding carboxylic acids is 2. The van der Waals surface area contributed by atoms with Gasteiger partial charge >= 0.3 is 0 Å². The molecule has 34 heavy (non-hydrogen) atoms. The van der Waals surface area contributed by atoms with Gasteiger partial charge in [-0.25, -0.2) is 4.98 Å². The smallest absolute Gasteiger partial charge is 0.296 e. The molecule has 1 aliphatic rings. The van der Waals surface area contributed by atoms with E-state index < -0.39 is 23.5 Å². The lowest BCUT2D eigenvalue weighted by Gasteiger charge is -2.25. The number of H-pyrrole nitrogens is 1. The number of anilines is 2. The van der Waals surface area contributed by atoms with Gasteiger partial charge in [-0.3, -0.25) is 14.5 Å². The lowest BCUT2D eigenvalue weighted by Crippen LogP contribution is -2.32. The van der Waals surface area contributed by atoms with Crippen molar-refractivity contribution in [2.24, 2.45) is 0 Å². The zero-order valence-corrected chi connectivity index (χ0v) is 19.3. The minimum absolute atomic E-state index is 0.0435. The molecule has 8 nitrogen and oxygen atoms in total. The SMILES string of the molecule is Cc1cc2nc(N3C(=O)C(O)=C(C(=O)c4ccco4)C3c3ccc(N(C)C)cc3)[nH]c2cc1C. The zero-order chi connectivity index (χ0) is 24.1. The van der Waals surface area contributed by atoms with Crippen molar-refractivity contribution < 1.29 is 19.1 Å². The molecule has 0 saturated heterocycles. The monoisotopic (exact) mass is 456 g/mol. The van der Waals surface area contributed by atoms with Crippen LogP contribution in [0.4, 0.5) is 11.6 Å². The largest absolute Gasteiger partial charge is 0.503 e. The number of carbonyl (C=O) groups is 2. The third-order valence-electron chi connectivity index (χ3n) is 6.24. The Kier molecular flexibility index (Phi) is 5.01. The van der Waals surface area contributed by atoms with Crippen LogP contribution in [0.1, 0.15) is 33.3 Å². The van der Waals surface area contributed by atoms with E-state index in [1.165, 1.54) is 17.2 Å². The number of hydrogen-bond acceptors (Lipinski definition) is 6. The van der Waals surface area contributed by atoms with Gasteiger partial charge in [0.05, 0.1) is 28.9 Å². The highest BCUT2D eigenvalue weighted by Crippen LogP contribution is 2.42. The van der Waals surface area contributed by atoms with Gasteiger partial charge in [0.2, 0.25) is 11.7 Å². The molecule has 0 aliphatic carbocycles. The summed E-state index contributed by atoms with van der Waals surface area (Å²) in [6, 6.07) is 13.6. The molecule has 0 radical (unpaired) electrons. The molecule has 2 aromatic heterocycles. The van der Waals surface area contributed by atoms with Gasteiger partial charge in [0, 0.05) is 19.8 Å². The average molecular weight is 457 g/mol. The Labute approximate surface area is 196 Å². The summed E-state index contributed by atoms with van der Waals surface area (Å²) in [6.45, 7) is 3.99. The molecule has 3 heterocycles. The van der Waals surface area contributed by atoms with Crippen LogP contribution in [0.15, 0.2) is 70.5 Å². The molecule has 2 N–H and O–H groups in total. The Bertz CT molecular complexity index is 1410. The van der Waals surface area contributed by atoms with Gasteiger partial charge in [-0.05, 0) is 66.9 Å². The summed E-state index contributed by atoms with van der Waals surface area (Å²) in [5, 5.41) is 10.9. The lowest BCUT2D eigenvalue weighted by atomic mass is 9.95. The number of Topliss-reactive ketones (excluding diaryl/α,β-unsaturated/α-hetero) is 1. The standard InChI is InChI=1S/C26H24N4O4/c1-14-12-18-19(13-15(14)2)28-26(27-18)30-22(16-7-9-17(10-8-16)29(3)4)21(24(32)25(30)33)23(31)20-6-5-11-34-20/h5-13,22,32H,1-4H3,(H,27,28). The van der Waals surface area contributed by atoms with Crippen molar-refractivity contribution in [2.75, 3.05) is 23.9 Å². The topological polar surface area (TPSA) is 103 Å². The summed E-state index contributed by atoms with van der Waals surface area (Å²) in [7, 11) is 3.85. The van der Waals surface area contributed by atoms with Crippen LogP contribution in [-0.4, -0.2) is 40.9 Å². The number of aliphatic hydroxyl groups is 1. The average Bonchev–Trinajstić information content (AvgIpc) is 3.53. The Morgan fingerprint density at radius 2 is 1.82 bits per heavy atom. The number of amides is 1. The van der Waals surface area contributed by atoms with Crippen molar-refractivity contribution in [1.29, 1.82) is 0 Å². The van der Waals surface area contributed by atoms with Gasteiger partial charge in [-0.2, -0.15) is 0 Å². The molecule has 4 aromatic rings. The first-order valence-electron chi connectivity index (χ1n) is 10.9. The van der Waals surface area contributed by atoms with Crippen LogP contribution < -0.4 is 9.80 Å². The third kappa shape index (κ3) is 3.35. The molecular formula is C26H24N4O4. The van der Waals surface area contributed by atoms with Crippen LogP contribution >= 0.6 is 0 Å². The Morgan fingerprint density at radius 1 is 1.12 bits per heavy atom. The second kappa shape index (κ2) is 7.91. The van der Waals surface area contributed by atoms with E-state index in [0.29, 0.717) is 11.1 Å². The molecule has 1 atom stereocenters. The summed E-state index contributed by atoms with van der Waals surface area (Å²) in [5.74, 6) is -1.58. The fraction of sp³-hybridized carbons (Fsp3) is 0.192. The van der Waals surface area contributed by atoms with Crippen molar-refractivity contribution in [3.63, 3.8) is 0 Å². The van der Waals surface area contributed by atoms with E-state index >= 15 is 0 Å². The molecule has 0 saturated carbocycles. The Hall–Kier alpha value is -4.33. The second-order valence-electron chi connectivity index (χ2n) is 8.65. The van der Waals surface area contributed by atoms with E-state index in [9.17, 15) is 14.7 Å². The lowest BCUT2D eigenvalue weighted by molar-refractivity contribution is -0.117. The Balaban J connectivity index is 1.67. The first-order chi connectivity index (χ1) is 16.3. The number of rotatable bonds is 5. The number of fused-ring (bicyclic) bond motifs is 1. The molecular weight excluding hydrogens is 432 g/mol. The summed E-state index contributed by atoms with van der Waals surface area (Å²) >= 11 is 0. The predicted octanol–water partition coefficient (Wildman–Crippen LogP) is 4.62. The van der Waals surface area contributed by atoms with Crippen molar-refractivity contribution in [2.45, 2.75) is 19.9 Å². The van der Waals surface area contributed by atoms with E-state index in [2.05, 4.69) is 9.97 Å². The van der Waals surface area contributed by atoms with Gasteiger partial charge in [0.1, 0.15) is 0 Å². The molecule has 5 rings (SSSR count). The number of nitrogens with zero attached hydrogens (tertiary/aromatic N) is 3. The van der Waals surface area contributed by atoms with Crippen LogP contribution in [0.3, 0.4) is 0 Å². The Morgan fingerprint density at radius 3 is 2.47 bits per heavy atom. The van der Waals surface area contributed by atoms with Crippen LogP contribution in [-0.2, 0) is 4.79 Å². The van der Waals surface area contributed by atoms with E-state index in [-0.39, 0.29) is 17.3 Å². The molecule has 1 aliphatic heterocycles. The van der Waals surface area contributed by atoms with Gasteiger partial charge in [0.15, 0.2) is 11.5 Å². The van der Waals surface area contributed by atoms with Crippen LogP contribution in [0.5, 0.6) is 0 Å². The number of aliphatic hydroxyl groups excluding tert-OH is 1. The number of aryl methyl sites for hydroxylation is 2. The highest BCUT2D eigenvalue weighted by Gasteiger charge is 2.46. The summed E-state index contributed by atoms with van der Waals surface area (Å²) in [4.78, 5) is 37.8. The summed E-state index contributed by atoms with van der Waals surface area (Å²) < 4.78 is 5.29. The first-order valence-corrected chi connectivity index (χ1v) is 10.9. The zero-order valence-electron chi connectivity index (χ0n) is 19.3. The minimum Gasteiger partial charge on any atom is -0.503 e. The summed E-state index contributed by atoms with van der Waals surface area (Å²) in [5.41, 5.74) is 5.18. The molecule has 0 fully saturated rings. The van der Waals surface area contributed by atoms with Gasteiger partial charge in [0.25, 0.3) is 5.91 Å². The quantitative estimate of drug-likeness (QED) is 0.425. The van der Waals surface area contributed by atoms with Gasteiger partial charge in [-0.1, -0.05) is 12.1 Å². The van der Waals surface area contributed by atoms with E-state index in [1.807, 2.05) is 69.2 Å². The predicted molar refractivity (Wildman–Crippen MR) is 129 cm³/mol. The fourth-order valence-corrected chi connectivity index (χ4v) is 4.24. The maximum absolute atomic E-state index is 13.3. The van der Waals surface area contributed by atoms with Crippen molar-refractivity contribution in [3.05, 3.63) is 88.6 Å². The number of aromatic nitrogens is 2. The maximum atomic E-state index is 13.3. The normalized spacial score (nSPS) is 16.1. The number of aromatic amines is 1.